The zero-order chi connectivity index (χ0) is 17.8. The molecule has 0 spiro atoms. The molecule has 0 radical (unpaired) electrons. The summed E-state index contributed by atoms with van der Waals surface area (Å²) >= 11 is 0. The molecule has 134 valence electrons. The fourth-order valence-corrected chi connectivity index (χ4v) is 3.76. The number of rotatable bonds is 6. The van der Waals surface area contributed by atoms with Crippen LogP contribution < -0.4 is 5.32 Å². The van der Waals surface area contributed by atoms with Crippen LogP contribution in [0.2, 0.25) is 0 Å². The molecule has 1 amide bonds. The summed E-state index contributed by atoms with van der Waals surface area (Å²) in [5.74, 6) is 0.0393. The van der Waals surface area contributed by atoms with Gasteiger partial charge in [0.05, 0.1) is 0 Å². The average molecular weight is 339 g/mol. The highest BCUT2D eigenvalue weighted by Gasteiger charge is 2.18. The summed E-state index contributed by atoms with van der Waals surface area (Å²) in [7, 11) is 0. The van der Waals surface area contributed by atoms with Gasteiger partial charge in [-0.15, -0.1) is 0 Å². The number of carbonyl (C=O) groups excluding carboxylic acids is 1. The van der Waals surface area contributed by atoms with Gasteiger partial charge in [-0.2, -0.15) is 0 Å². The molecule has 0 saturated carbocycles. The third kappa shape index (κ3) is 4.31. The summed E-state index contributed by atoms with van der Waals surface area (Å²) in [5.41, 5.74) is 5.44. The number of hydrogen-bond donors (Lipinski definition) is 1. The highest BCUT2D eigenvalue weighted by molar-refractivity contribution is 5.94. The molecule has 0 unspecified atom stereocenters. The van der Waals surface area contributed by atoms with E-state index in [2.05, 4.69) is 59.0 Å². The van der Waals surface area contributed by atoms with Crippen molar-refractivity contribution in [2.75, 3.05) is 26.2 Å². The molecule has 1 aliphatic rings. The number of hydrogen-bond acceptors (Lipinski definition) is 2. The summed E-state index contributed by atoms with van der Waals surface area (Å²) in [4.78, 5) is 15.2. The van der Waals surface area contributed by atoms with E-state index in [1.165, 1.54) is 24.0 Å². The Morgan fingerprint density at radius 1 is 1.12 bits per heavy atom. The largest absolute Gasteiger partial charge is 0.349 e. The minimum absolute atomic E-state index is 0.0393. The molecule has 1 saturated heterocycles. The van der Waals surface area contributed by atoms with Gasteiger partial charge in [-0.25, -0.2) is 0 Å². The Balaban J connectivity index is 1.70. The van der Waals surface area contributed by atoms with Crippen molar-refractivity contribution in [1.82, 2.24) is 14.8 Å². The van der Waals surface area contributed by atoms with Gasteiger partial charge in [0, 0.05) is 25.3 Å². The first-order valence-electron chi connectivity index (χ1n) is 9.27. The van der Waals surface area contributed by atoms with E-state index in [0.29, 0.717) is 6.54 Å². The van der Waals surface area contributed by atoms with E-state index in [4.69, 9.17) is 0 Å². The van der Waals surface area contributed by atoms with Crippen molar-refractivity contribution >= 4 is 5.91 Å². The van der Waals surface area contributed by atoms with Gasteiger partial charge in [0.2, 0.25) is 0 Å². The highest BCUT2D eigenvalue weighted by Crippen LogP contribution is 2.18. The lowest BCUT2D eigenvalue weighted by molar-refractivity contribution is 0.0940. The van der Waals surface area contributed by atoms with Crippen LogP contribution in [-0.4, -0.2) is 41.6 Å². The second kappa shape index (κ2) is 7.87. The Labute approximate surface area is 150 Å². The van der Waals surface area contributed by atoms with Gasteiger partial charge >= 0.3 is 0 Å². The maximum absolute atomic E-state index is 12.8. The van der Waals surface area contributed by atoms with Gasteiger partial charge in [0.25, 0.3) is 5.91 Å². The monoisotopic (exact) mass is 339 g/mol. The van der Waals surface area contributed by atoms with Crippen LogP contribution in [0.5, 0.6) is 0 Å². The van der Waals surface area contributed by atoms with Gasteiger partial charge in [0.15, 0.2) is 0 Å². The van der Waals surface area contributed by atoms with E-state index in [9.17, 15) is 4.79 Å². The van der Waals surface area contributed by atoms with Crippen molar-refractivity contribution in [2.24, 2.45) is 0 Å². The predicted octanol–water partition coefficient (Wildman–Crippen LogP) is 3.29. The third-order valence-electron chi connectivity index (χ3n) is 5.05. The van der Waals surface area contributed by atoms with E-state index in [1.807, 2.05) is 6.92 Å². The molecule has 4 heteroatoms. The predicted molar refractivity (Wildman–Crippen MR) is 102 cm³/mol. The zero-order valence-electron chi connectivity index (χ0n) is 15.6. The van der Waals surface area contributed by atoms with E-state index in [-0.39, 0.29) is 5.91 Å². The van der Waals surface area contributed by atoms with Crippen molar-refractivity contribution in [3.63, 3.8) is 0 Å². The first-order chi connectivity index (χ1) is 12.0. The minimum Gasteiger partial charge on any atom is -0.349 e. The van der Waals surface area contributed by atoms with Crippen molar-refractivity contribution in [2.45, 2.75) is 40.2 Å². The van der Waals surface area contributed by atoms with E-state index < -0.39 is 0 Å². The Kier molecular flexibility index (Phi) is 5.59. The molecular formula is C21H29N3O. The average Bonchev–Trinajstić information content (AvgIpc) is 3.16. The van der Waals surface area contributed by atoms with E-state index in [1.54, 1.807) is 0 Å². The lowest BCUT2D eigenvalue weighted by Gasteiger charge is -2.16. The molecule has 25 heavy (non-hydrogen) atoms. The van der Waals surface area contributed by atoms with Crippen LogP contribution in [0.25, 0.3) is 0 Å². The number of likely N-dealkylation sites (tertiary alicyclic amines) is 1. The molecule has 0 aliphatic carbocycles. The fourth-order valence-electron chi connectivity index (χ4n) is 3.76. The van der Waals surface area contributed by atoms with Crippen molar-refractivity contribution in [3.05, 3.63) is 58.4 Å². The molecule has 1 aromatic carbocycles. The number of aromatic nitrogens is 1. The molecule has 4 nitrogen and oxygen atoms in total. The smallest absolute Gasteiger partial charge is 0.268 e. The summed E-state index contributed by atoms with van der Waals surface area (Å²) in [6, 6.07) is 10.6. The number of carbonyl (C=O) groups is 1. The lowest BCUT2D eigenvalue weighted by Crippen LogP contribution is -2.34. The normalized spacial score (nSPS) is 14.8. The summed E-state index contributed by atoms with van der Waals surface area (Å²) in [5, 5.41) is 3.12. The van der Waals surface area contributed by atoms with Crippen LogP contribution in [0.15, 0.2) is 30.3 Å². The van der Waals surface area contributed by atoms with Gasteiger partial charge in [-0.3, -0.25) is 4.79 Å². The number of nitrogens with zero attached hydrogens (tertiary/aromatic N) is 2. The van der Waals surface area contributed by atoms with Crippen LogP contribution >= 0.6 is 0 Å². The standard InChI is InChI=1S/C21H29N3O/c1-16-7-6-8-19(13-16)15-24-18(3)14-17(2)20(24)21(25)22-9-12-23-10-4-5-11-23/h6-8,13-14H,4-5,9-12,15H2,1-3H3,(H,22,25). The third-order valence-corrected chi connectivity index (χ3v) is 5.05. The Bertz CT molecular complexity index is 742. The van der Waals surface area contributed by atoms with E-state index >= 15 is 0 Å². The highest BCUT2D eigenvalue weighted by atomic mass is 16.1. The SMILES string of the molecule is Cc1cccc(Cn2c(C)cc(C)c2C(=O)NCCN2CCCC2)c1. The Hall–Kier alpha value is -2.07. The summed E-state index contributed by atoms with van der Waals surface area (Å²) in [6.07, 6.45) is 2.57. The van der Waals surface area contributed by atoms with E-state index in [0.717, 1.165) is 43.1 Å². The van der Waals surface area contributed by atoms with Crippen LogP contribution in [0.1, 0.15) is 45.7 Å². The molecule has 3 rings (SSSR count). The first kappa shape index (κ1) is 17.7. The second-order valence-electron chi connectivity index (χ2n) is 7.20. The molecule has 2 heterocycles. The summed E-state index contributed by atoms with van der Waals surface area (Å²) in [6.45, 7) is 10.9. The van der Waals surface area contributed by atoms with Gasteiger partial charge in [-0.1, -0.05) is 29.8 Å². The van der Waals surface area contributed by atoms with Gasteiger partial charge < -0.3 is 14.8 Å². The van der Waals surface area contributed by atoms with Gasteiger partial charge in [-0.05, 0) is 63.9 Å². The maximum atomic E-state index is 12.8. The molecule has 0 atom stereocenters. The maximum Gasteiger partial charge on any atom is 0.268 e. The number of amides is 1. The van der Waals surface area contributed by atoms with Crippen molar-refractivity contribution in [1.29, 1.82) is 0 Å². The molecule has 1 fully saturated rings. The number of nitrogens with one attached hydrogen (secondary N) is 1. The first-order valence-corrected chi connectivity index (χ1v) is 9.27. The Morgan fingerprint density at radius 3 is 2.60 bits per heavy atom. The molecule has 1 aliphatic heterocycles. The topological polar surface area (TPSA) is 37.3 Å². The lowest BCUT2D eigenvalue weighted by atomic mass is 10.1. The fraction of sp³-hybridized carbons (Fsp3) is 0.476. The van der Waals surface area contributed by atoms with Crippen molar-refractivity contribution in [3.8, 4) is 0 Å². The number of aryl methyl sites for hydroxylation is 3. The van der Waals surface area contributed by atoms with Crippen molar-refractivity contribution < 1.29 is 4.79 Å². The quantitative estimate of drug-likeness (QED) is 0.877. The van der Waals surface area contributed by atoms with Crippen LogP contribution in [0.3, 0.4) is 0 Å². The molecule has 0 bridgehead atoms. The van der Waals surface area contributed by atoms with Gasteiger partial charge in [0.1, 0.15) is 5.69 Å². The zero-order valence-corrected chi connectivity index (χ0v) is 15.6. The van der Waals surface area contributed by atoms with Crippen LogP contribution in [-0.2, 0) is 6.54 Å². The number of benzene rings is 1. The van der Waals surface area contributed by atoms with Crippen LogP contribution in [0.4, 0.5) is 0 Å². The molecule has 1 N–H and O–H groups in total. The Morgan fingerprint density at radius 2 is 1.88 bits per heavy atom. The molecule has 1 aromatic heterocycles. The second-order valence-corrected chi connectivity index (χ2v) is 7.20. The molecular weight excluding hydrogens is 310 g/mol. The molecule has 2 aromatic rings. The minimum atomic E-state index is 0.0393. The van der Waals surface area contributed by atoms with Crippen LogP contribution in [0, 0.1) is 20.8 Å². The summed E-state index contributed by atoms with van der Waals surface area (Å²) < 4.78 is 2.13.